The Morgan fingerprint density at radius 3 is 2.80 bits per heavy atom. The fourth-order valence-corrected chi connectivity index (χ4v) is 4.73. The second kappa shape index (κ2) is 7.85. The Balaban J connectivity index is 1.32. The largest absolute Gasteiger partial charge is 0.454 e. The van der Waals surface area contributed by atoms with E-state index in [-0.39, 0.29) is 30.6 Å². The van der Waals surface area contributed by atoms with E-state index >= 15 is 0 Å². The van der Waals surface area contributed by atoms with Crippen molar-refractivity contribution in [3.63, 3.8) is 0 Å². The van der Waals surface area contributed by atoms with Gasteiger partial charge in [-0.1, -0.05) is 6.07 Å². The van der Waals surface area contributed by atoms with E-state index < -0.39 is 11.6 Å². The number of hydrazine groups is 1. The van der Waals surface area contributed by atoms with Gasteiger partial charge >= 0.3 is 0 Å². The first-order valence-electron chi connectivity index (χ1n) is 10.2. The highest BCUT2D eigenvalue weighted by Crippen LogP contribution is 2.35. The minimum Gasteiger partial charge on any atom is -0.454 e. The third-order valence-corrected chi connectivity index (χ3v) is 6.27. The van der Waals surface area contributed by atoms with Crippen LogP contribution in [-0.2, 0) is 0 Å². The molecule has 3 aliphatic heterocycles. The Morgan fingerprint density at radius 1 is 1.07 bits per heavy atom. The van der Waals surface area contributed by atoms with Crippen molar-refractivity contribution in [2.24, 2.45) is 5.92 Å². The van der Waals surface area contributed by atoms with E-state index in [2.05, 4.69) is 10.9 Å². The maximum absolute atomic E-state index is 13.8. The van der Waals surface area contributed by atoms with Crippen molar-refractivity contribution in [1.82, 2.24) is 15.8 Å². The lowest BCUT2D eigenvalue weighted by Crippen LogP contribution is -2.48. The minimum atomic E-state index is -0.840. The van der Waals surface area contributed by atoms with Crippen molar-refractivity contribution >= 4 is 5.91 Å². The SMILES string of the molecule is O=C(c1ccc2c(c1)OCO2)N1CCCC(C2NNCC2c2ccc(F)c(F)c2)C1. The predicted molar refractivity (Wildman–Crippen MR) is 105 cm³/mol. The molecule has 8 heteroatoms. The van der Waals surface area contributed by atoms with Crippen LogP contribution in [0.5, 0.6) is 11.5 Å². The van der Waals surface area contributed by atoms with Crippen LogP contribution in [0.2, 0.25) is 0 Å². The normalized spacial score (nSPS) is 25.5. The molecule has 0 spiro atoms. The summed E-state index contributed by atoms with van der Waals surface area (Å²) >= 11 is 0. The van der Waals surface area contributed by atoms with Crippen LogP contribution in [0.25, 0.3) is 0 Å². The number of ether oxygens (including phenoxy) is 2. The number of carbonyl (C=O) groups is 1. The number of benzene rings is 2. The molecule has 3 unspecified atom stereocenters. The Morgan fingerprint density at radius 2 is 1.93 bits per heavy atom. The summed E-state index contributed by atoms with van der Waals surface area (Å²) in [5.41, 5.74) is 7.80. The number of halogens is 2. The number of nitrogens with one attached hydrogen (secondary N) is 2. The monoisotopic (exact) mass is 415 g/mol. The van der Waals surface area contributed by atoms with Crippen LogP contribution in [-0.4, -0.2) is 43.3 Å². The predicted octanol–water partition coefficient (Wildman–Crippen LogP) is 2.81. The highest BCUT2D eigenvalue weighted by atomic mass is 19.2. The number of hydrogen-bond acceptors (Lipinski definition) is 5. The Bertz CT molecular complexity index is 971. The van der Waals surface area contributed by atoms with Crippen LogP contribution in [0, 0.1) is 17.6 Å². The zero-order chi connectivity index (χ0) is 20.7. The number of amides is 1. The molecular weight excluding hydrogens is 392 g/mol. The second-order valence-corrected chi connectivity index (χ2v) is 8.05. The van der Waals surface area contributed by atoms with Crippen LogP contribution in [0.1, 0.15) is 34.7 Å². The summed E-state index contributed by atoms with van der Waals surface area (Å²) in [6, 6.07) is 9.38. The smallest absolute Gasteiger partial charge is 0.254 e. The summed E-state index contributed by atoms with van der Waals surface area (Å²) in [6.45, 7) is 2.10. The average molecular weight is 415 g/mol. The zero-order valence-electron chi connectivity index (χ0n) is 16.4. The summed E-state index contributed by atoms with van der Waals surface area (Å²) in [4.78, 5) is 15.0. The molecule has 2 aromatic rings. The molecule has 2 N–H and O–H groups in total. The molecule has 3 heterocycles. The van der Waals surface area contributed by atoms with E-state index in [0.717, 1.165) is 18.4 Å². The van der Waals surface area contributed by atoms with Crippen molar-refractivity contribution in [2.75, 3.05) is 26.4 Å². The van der Waals surface area contributed by atoms with E-state index in [9.17, 15) is 13.6 Å². The maximum Gasteiger partial charge on any atom is 0.254 e. The molecule has 0 bridgehead atoms. The van der Waals surface area contributed by atoms with Crippen LogP contribution in [0.3, 0.4) is 0 Å². The summed E-state index contributed by atoms with van der Waals surface area (Å²) in [6.07, 6.45) is 1.86. The fourth-order valence-electron chi connectivity index (χ4n) is 4.73. The molecule has 0 aromatic heterocycles. The standard InChI is InChI=1S/C22H23F2N3O3/c23-17-5-3-13(8-18(17)24)16-10-25-26-21(16)15-2-1-7-27(11-15)22(28)14-4-6-19-20(9-14)30-12-29-19/h3-6,8-9,15-16,21,25-26H,1-2,7,10-12H2. The van der Waals surface area contributed by atoms with Gasteiger partial charge in [-0.3, -0.25) is 15.6 Å². The van der Waals surface area contributed by atoms with Crippen LogP contribution >= 0.6 is 0 Å². The Labute approximate surface area is 173 Å². The second-order valence-electron chi connectivity index (χ2n) is 8.05. The van der Waals surface area contributed by atoms with Gasteiger partial charge in [0.2, 0.25) is 6.79 Å². The van der Waals surface area contributed by atoms with Gasteiger partial charge in [0.1, 0.15) is 0 Å². The van der Waals surface area contributed by atoms with Crippen molar-refractivity contribution in [3.8, 4) is 11.5 Å². The van der Waals surface area contributed by atoms with Gasteiger partial charge in [-0.25, -0.2) is 8.78 Å². The molecule has 158 valence electrons. The molecule has 0 saturated carbocycles. The molecule has 6 nitrogen and oxygen atoms in total. The summed E-state index contributed by atoms with van der Waals surface area (Å²) in [5, 5.41) is 0. The van der Waals surface area contributed by atoms with E-state index in [0.29, 0.717) is 36.7 Å². The van der Waals surface area contributed by atoms with E-state index in [1.54, 1.807) is 24.3 Å². The lowest BCUT2D eigenvalue weighted by molar-refractivity contribution is 0.0644. The van der Waals surface area contributed by atoms with Gasteiger partial charge in [0, 0.05) is 37.2 Å². The lowest BCUT2D eigenvalue weighted by Gasteiger charge is -2.37. The minimum absolute atomic E-state index is 0.00527. The van der Waals surface area contributed by atoms with Gasteiger partial charge in [-0.15, -0.1) is 0 Å². The van der Waals surface area contributed by atoms with Crippen molar-refractivity contribution in [3.05, 3.63) is 59.2 Å². The van der Waals surface area contributed by atoms with Crippen molar-refractivity contribution in [2.45, 2.75) is 24.8 Å². The molecule has 1 amide bonds. The van der Waals surface area contributed by atoms with Crippen LogP contribution in [0.15, 0.2) is 36.4 Å². The topological polar surface area (TPSA) is 62.8 Å². The number of hydrogen-bond donors (Lipinski definition) is 2. The number of rotatable bonds is 3. The van der Waals surface area contributed by atoms with Crippen molar-refractivity contribution in [1.29, 1.82) is 0 Å². The number of likely N-dealkylation sites (tertiary alicyclic amines) is 1. The molecule has 2 saturated heterocycles. The average Bonchev–Trinajstić information content (AvgIpc) is 3.44. The Hall–Kier alpha value is -2.71. The molecule has 30 heavy (non-hydrogen) atoms. The summed E-state index contributed by atoms with van der Waals surface area (Å²) < 4.78 is 37.8. The van der Waals surface area contributed by atoms with Crippen molar-refractivity contribution < 1.29 is 23.0 Å². The molecule has 3 atom stereocenters. The summed E-state index contributed by atoms with van der Waals surface area (Å²) in [7, 11) is 0. The number of carbonyl (C=O) groups excluding carboxylic acids is 1. The van der Waals surface area contributed by atoms with E-state index in [4.69, 9.17) is 9.47 Å². The van der Waals surface area contributed by atoms with E-state index in [1.165, 1.54) is 12.1 Å². The molecule has 2 fully saturated rings. The third kappa shape index (κ3) is 3.50. The first kappa shape index (κ1) is 19.3. The van der Waals surface area contributed by atoms with Crippen LogP contribution < -0.4 is 20.3 Å². The number of fused-ring (bicyclic) bond motifs is 1. The number of piperidine rings is 1. The lowest BCUT2D eigenvalue weighted by atomic mass is 9.81. The third-order valence-electron chi connectivity index (χ3n) is 6.27. The first-order valence-corrected chi connectivity index (χ1v) is 10.2. The first-order chi connectivity index (χ1) is 14.6. The summed E-state index contributed by atoms with van der Waals surface area (Å²) in [5.74, 6) is -0.259. The maximum atomic E-state index is 13.8. The highest BCUT2D eigenvalue weighted by Gasteiger charge is 2.38. The van der Waals surface area contributed by atoms with Gasteiger partial charge < -0.3 is 14.4 Å². The molecular formula is C22H23F2N3O3. The molecule has 0 aliphatic carbocycles. The van der Waals surface area contributed by atoms with Crippen LogP contribution in [0.4, 0.5) is 8.78 Å². The van der Waals surface area contributed by atoms with Gasteiger partial charge in [0.25, 0.3) is 5.91 Å². The number of nitrogens with zero attached hydrogens (tertiary/aromatic N) is 1. The Kier molecular flexibility index (Phi) is 5.04. The molecule has 5 rings (SSSR count). The zero-order valence-corrected chi connectivity index (χ0v) is 16.4. The molecule has 2 aromatic carbocycles. The quantitative estimate of drug-likeness (QED) is 0.807. The van der Waals surface area contributed by atoms with Gasteiger partial charge in [0.15, 0.2) is 23.1 Å². The van der Waals surface area contributed by atoms with Gasteiger partial charge in [-0.2, -0.15) is 0 Å². The van der Waals surface area contributed by atoms with Gasteiger partial charge in [-0.05, 0) is 54.7 Å². The van der Waals surface area contributed by atoms with E-state index in [1.807, 2.05) is 4.90 Å². The highest BCUT2D eigenvalue weighted by molar-refractivity contribution is 5.95. The fraction of sp³-hybridized carbons (Fsp3) is 0.409. The molecule has 0 radical (unpaired) electrons. The van der Waals surface area contributed by atoms with Gasteiger partial charge in [0.05, 0.1) is 0 Å². The molecule has 3 aliphatic rings.